The van der Waals surface area contributed by atoms with Crippen molar-refractivity contribution in [3.63, 3.8) is 0 Å². The summed E-state index contributed by atoms with van der Waals surface area (Å²) in [5, 5.41) is 0. The molecule has 8 heteroatoms. The van der Waals surface area contributed by atoms with Crippen LogP contribution in [0.5, 0.6) is 11.5 Å². The van der Waals surface area contributed by atoms with Crippen LogP contribution in [0.3, 0.4) is 0 Å². The van der Waals surface area contributed by atoms with Gasteiger partial charge in [-0.25, -0.2) is 9.97 Å². The Morgan fingerprint density at radius 1 is 0.963 bits per heavy atom. The smallest absolute Gasteiger partial charge is 0.257 e. The first-order valence-corrected chi connectivity index (χ1v) is 8.81. The zero-order chi connectivity index (χ0) is 19.0. The van der Waals surface area contributed by atoms with Gasteiger partial charge in [0, 0.05) is 37.9 Å². The van der Waals surface area contributed by atoms with Crippen LogP contribution < -0.4 is 9.47 Å². The van der Waals surface area contributed by atoms with E-state index in [0.29, 0.717) is 60.3 Å². The van der Waals surface area contributed by atoms with Crippen LogP contribution in [-0.2, 0) is 0 Å². The van der Waals surface area contributed by atoms with Crippen LogP contribution in [0.15, 0.2) is 24.4 Å². The Labute approximate surface area is 156 Å². The summed E-state index contributed by atoms with van der Waals surface area (Å²) in [7, 11) is 0. The quantitative estimate of drug-likeness (QED) is 0.797. The molecular weight excluding hydrogens is 348 g/mol. The number of aromatic nitrogens is 2. The molecule has 1 saturated heterocycles. The maximum atomic E-state index is 12.7. The van der Waals surface area contributed by atoms with E-state index in [1.807, 2.05) is 0 Å². The van der Waals surface area contributed by atoms with Gasteiger partial charge in [-0.15, -0.1) is 0 Å². The highest BCUT2D eigenvalue weighted by atomic mass is 16.7. The molecule has 27 heavy (non-hydrogen) atoms. The molecule has 1 aromatic heterocycles. The van der Waals surface area contributed by atoms with E-state index in [1.54, 1.807) is 48.0 Å². The highest BCUT2D eigenvalue weighted by molar-refractivity contribution is 5.96. The van der Waals surface area contributed by atoms with E-state index < -0.39 is 0 Å². The first-order chi connectivity index (χ1) is 13.0. The molecule has 2 aliphatic rings. The third-order valence-corrected chi connectivity index (χ3v) is 4.80. The van der Waals surface area contributed by atoms with Crippen LogP contribution in [-0.4, -0.2) is 64.6 Å². The highest BCUT2D eigenvalue weighted by Gasteiger charge is 2.27. The molecule has 0 atom stereocenters. The van der Waals surface area contributed by atoms with Gasteiger partial charge in [-0.05, 0) is 32.0 Å². The maximum Gasteiger partial charge on any atom is 0.257 e. The lowest BCUT2D eigenvalue weighted by molar-refractivity contribution is 0.0534. The largest absolute Gasteiger partial charge is 0.454 e. The van der Waals surface area contributed by atoms with Crippen molar-refractivity contribution >= 4 is 11.8 Å². The molecule has 2 aliphatic heterocycles. The van der Waals surface area contributed by atoms with E-state index in [1.165, 1.54) is 0 Å². The number of carbonyl (C=O) groups excluding carboxylic acids is 2. The van der Waals surface area contributed by atoms with Gasteiger partial charge in [-0.2, -0.15) is 0 Å². The molecule has 4 rings (SSSR count). The second-order valence-electron chi connectivity index (χ2n) is 6.57. The van der Waals surface area contributed by atoms with Crippen LogP contribution in [0.1, 0.15) is 32.2 Å². The molecule has 3 heterocycles. The number of fused-ring (bicyclic) bond motifs is 1. The van der Waals surface area contributed by atoms with E-state index in [-0.39, 0.29) is 18.6 Å². The van der Waals surface area contributed by atoms with Crippen molar-refractivity contribution in [1.82, 2.24) is 19.8 Å². The van der Waals surface area contributed by atoms with Crippen molar-refractivity contribution in [3.05, 3.63) is 47.0 Å². The fraction of sp³-hybridized carbons (Fsp3) is 0.368. The number of piperazine rings is 1. The Hall–Kier alpha value is -3.16. The predicted octanol–water partition coefficient (Wildman–Crippen LogP) is 1.42. The number of benzene rings is 1. The average molecular weight is 368 g/mol. The number of hydrogen-bond donors (Lipinski definition) is 0. The normalized spacial score (nSPS) is 15.8. The van der Waals surface area contributed by atoms with E-state index in [4.69, 9.17) is 9.47 Å². The third-order valence-electron chi connectivity index (χ3n) is 4.80. The molecule has 0 aliphatic carbocycles. The Bertz CT molecular complexity index is 907. The zero-order valence-corrected chi connectivity index (χ0v) is 15.3. The molecule has 8 nitrogen and oxygen atoms in total. The third kappa shape index (κ3) is 3.30. The van der Waals surface area contributed by atoms with Gasteiger partial charge in [0.15, 0.2) is 11.5 Å². The topological polar surface area (TPSA) is 84.9 Å². The van der Waals surface area contributed by atoms with Gasteiger partial charge in [-0.3, -0.25) is 9.59 Å². The lowest BCUT2D eigenvalue weighted by atomic mass is 10.1. The summed E-state index contributed by atoms with van der Waals surface area (Å²) in [6, 6.07) is 5.19. The average Bonchev–Trinajstić information content (AvgIpc) is 3.15. The molecule has 0 N–H and O–H groups in total. The van der Waals surface area contributed by atoms with E-state index in [9.17, 15) is 9.59 Å². The molecule has 140 valence electrons. The number of aryl methyl sites for hydroxylation is 2. The van der Waals surface area contributed by atoms with Crippen LogP contribution in [0.2, 0.25) is 0 Å². The number of carbonyl (C=O) groups is 2. The number of ether oxygens (including phenoxy) is 2. The lowest BCUT2D eigenvalue weighted by Gasteiger charge is -2.35. The number of rotatable bonds is 2. The van der Waals surface area contributed by atoms with Crippen LogP contribution in [0, 0.1) is 13.8 Å². The molecule has 0 bridgehead atoms. The summed E-state index contributed by atoms with van der Waals surface area (Å²) in [6.07, 6.45) is 1.57. The summed E-state index contributed by atoms with van der Waals surface area (Å²) < 4.78 is 10.6. The SMILES string of the molecule is Cc1ncc(C(=O)N2CCN(C(=O)c3ccc4c(c3)OCO4)CC2)c(C)n1. The first kappa shape index (κ1) is 17.3. The molecule has 1 fully saturated rings. The number of amides is 2. The summed E-state index contributed by atoms with van der Waals surface area (Å²) in [4.78, 5) is 37.3. The predicted molar refractivity (Wildman–Crippen MR) is 95.9 cm³/mol. The minimum absolute atomic E-state index is 0.0738. The van der Waals surface area contributed by atoms with E-state index >= 15 is 0 Å². The van der Waals surface area contributed by atoms with Crippen molar-refractivity contribution < 1.29 is 19.1 Å². The summed E-state index contributed by atoms with van der Waals surface area (Å²) in [5.74, 6) is 1.71. The molecule has 2 amide bonds. The molecule has 0 radical (unpaired) electrons. The Balaban J connectivity index is 1.41. The van der Waals surface area contributed by atoms with Gasteiger partial charge in [0.1, 0.15) is 5.82 Å². The number of hydrogen-bond acceptors (Lipinski definition) is 6. The van der Waals surface area contributed by atoms with Gasteiger partial charge >= 0.3 is 0 Å². The standard InChI is InChI=1S/C19H20N4O4/c1-12-15(10-20-13(2)21-12)19(25)23-7-5-22(6-8-23)18(24)14-3-4-16-17(9-14)27-11-26-16/h3-4,9-10H,5-8,11H2,1-2H3. The molecule has 1 aromatic carbocycles. The lowest BCUT2D eigenvalue weighted by Crippen LogP contribution is -2.50. The van der Waals surface area contributed by atoms with Crippen molar-refractivity contribution in [2.75, 3.05) is 33.0 Å². The summed E-state index contributed by atoms with van der Waals surface area (Å²) in [5.41, 5.74) is 1.74. The maximum absolute atomic E-state index is 12.7. The Morgan fingerprint density at radius 2 is 1.63 bits per heavy atom. The van der Waals surface area contributed by atoms with Gasteiger partial charge < -0.3 is 19.3 Å². The van der Waals surface area contributed by atoms with Gasteiger partial charge in [0.2, 0.25) is 6.79 Å². The Kier molecular flexibility index (Phi) is 4.39. The summed E-state index contributed by atoms with van der Waals surface area (Å²) in [6.45, 7) is 5.68. The first-order valence-electron chi connectivity index (χ1n) is 8.81. The van der Waals surface area contributed by atoms with E-state index in [0.717, 1.165) is 0 Å². The summed E-state index contributed by atoms with van der Waals surface area (Å²) >= 11 is 0. The van der Waals surface area contributed by atoms with Crippen LogP contribution in [0.25, 0.3) is 0 Å². The minimum atomic E-state index is -0.0947. The Morgan fingerprint density at radius 3 is 2.33 bits per heavy atom. The van der Waals surface area contributed by atoms with Crippen molar-refractivity contribution in [2.24, 2.45) is 0 Å². The fourth-order valence-electron chi connectivity index (χ4n) is 3.29. The second kappa shape index (κ2) is 6.86. The van der Waals surface area contributed by atoms with Crippen LogP contribution in [0.4, 0.5) is 0 Å². The monoisotopic (exact) mass is 368 g/mol. The van der Waals surface area contributed by atoms with E-state index in [2.05, 4.69) is 9.97 Å². The molecule has 0 unspecified atom stereocenters. The molecule has 2 aromatic rings. The molecular formula is C19H20N4O4. The fourth-order valence-corrected chi connectivity index (χ4v) is 3.29. The minimum Gasteiger partial charge on any atom is -0.454 e. The second-order valence-corrected chi connectivity index (χ2v) is 6.57. The van der Waals surface area contributed by atoms with Gasteiger partial charge in [0.05, 0.1) is 11.3 Å². The van der Waals surface area contributed by atoms with Crippen LogP contribution >= 0.6 is 0 Å². The van der Waals surface area contributed by atoms with Crippen molar-refractivity contribution in [3.8, 4) is 11.5 Å². The highest BCUT2D eigenvalue weighted by Crippen LogP contribution is 2.32. The molecule has 0 saturated carbocycles. The van der Waals surface area contributed by atoms with Crippen molar-refractivity contribution in [1.29, 1.82) is 0 Å². The van der Waals surface area contributed by atoms with Gasteiger partial charge in [-0.1, -0.05) is 0 Å². The number of nitrogens with zero attached hydrogens (tertiary/aromatic N) is 4. The van der Waals surface area contributed by atoms with Gasteiger partial charge in [0.25, 0.3) is 11.8 Å². The zero-order valence-electron chi connectivity index (χ0n) is 15.3. The van der Waals surface area contributed by atoms with Crippen molar-refractivity contribution in [2.45, 2.75) is 13.8 Å². The molecule has 0 spiro atoms.